The summed E-state index contributed by atoms with van der Waals surface area (Å²) in [5, 5.41) is 8.22. The summed E-state index contributed by atoms with van der Waals surface area (Å²) in [6, 6.07) is 8.03. The first-order valence-corrected chi connectivity index (χ1v) is 6.89. The van der Waals surface area contributed by atoms with Gasteiger partial charge in [-0.15, -0.1) is 10.2 Å². The van der Waals surface area contributed by atoms with Gasteiger partial charge >= 0.3 is 0 Å². The minimum absolute atomic E-state index is 0.510. The molecule has 5 heteroatoms. The molecule has 20 heavy (non-hydrogen) atoms. The summed E-state index contributed by atoms with van der Waals surface area (Å²) in [6.45, 7) is 1.43. The predicted octanol–water partition coefficient (Wildman–Crippen LogP) is 2.59. The lowest BCUT2D eigenvalue weighted by atomic mass is 10.2. The molecule has 1 aliphatic rings. The summed E-state index contributed by atoms with van der Waals surface area (Å²) in [6.07, 6.45) is 2.36. The van der Waals surface area contributed by atoms with Crippen LogP contribution in [0, 0.1) is 0 Å². The second-order valence-corrected chi connectivity index (χ2v) is 5.29. The molecule has 0 amide bonds. The third-order valence-electron chi connectivity index (χ3n) is 3.45. The van der Waals surface area contributed by atoms with Gasteiger partial charge in [0.1, 0.15) is 5.75 Å². The molecule has 1 saturated carbocycles. The maximum atomic E-state index is 5.68. The van der Waals surface area contributed by atoms with Crippen molar-refractivity contribution in [3.63, 3.8) is 0 Å². The Balaban J connectivity index is 1.62. The maximum Gasteiger partial charge on any atom is 0.230 e. The molecule has 0 saturated heterocycles. The van der Waals surface area contributed by atoms with Gasteiger partial charge in [0.15, 0.2) is 0 Å². The molecule has 106 valence electrons. The van der Waals surface area contributed by atoms with E-state index in [4.69, 9.17) is 9.15 Å². The second kappa shape index (κ2) is 5.63. The van der Waals surface area contributed by atoms with Crippen molar-refractivity contribution in [2.45, 2.75) is 31.8 Å². The van der Waals surface area contributed by atoms with E-state index in [1.165, 1.54) is 12.8 Å². The summed E-state index contributed by atoms with van der Waals surface area (Å²) in [7, 11) is 3.73. The molecular formula is C15H19N3O2. The molecule has 0 spiro atoms. The Morgan fingerprint density at radius 3 is 2.80 bits per heavy atom. The topological polar surface area (TPSA) is 51.4 Å². The number of nitrogens with zero attached hydrogens (tertiary/aromatic N) is 3. The molecule has 0 unspecified atom stereocenters. The standard InChI is InChI=1S/C15H19N3O2/c1-18(9-12-5-3-4-6-13(12)19-2)10-14-16-17-15(20-14)11-7-8-11/h3-6,11H,7-10H2,1-2H3. The molecule has 1 fully saturated rings. The zero-order chi connectivity index (χ0) is 13.9. The van der Waals surface area contributed by atoms with Crippen LogP contribution in [-0.2, 0) is 13.1 Å². The summed E-state index contributed by atoms with van der Waals surface area (Å²) in [4.78, 5) is 2.14. The average molecular weight is 273 g/mol. The van der Waals surface area contributed by atoms with Gasteiger partial charge in [0.05, 0.1) is 13.7 Å². The summed E-state index contributed by atoms with van der Waals surface area (Å²) >= 11 is 0. The van der Waals surface area contributed by atoms with Gasteiger partial charge < -0.3 is 9.15 Å². The van der Waals surface area contributed by atoms with Crippen LogP contribution in [0.2, 0.25) is 0 Å². The fourth-order valence-corrected chi connectivity index (χ4v) is 2.24. The van der Waals surface area contributed by atoms with Crippen molar-refractivity contribution in [1.29, 1.82) is 0 Å². The molecule has 0 N–H and O–H groups in total. The van der Waals surface area contributed by atoms with Gasteiger partial charge in [-0.1, -0.05) is 18.2 Å². The molecule has 0 bridgehead atoms. The molecule has 0 radical (unpaired) electrons. The molecule has 0 atom stereocenters. The lowest BCUT2D eigenvalue weighted by Gasteiger charge is -2.16. The van der Waals surface area contributed by atoms with Crippen molar-refractivity contribution in [1.82, 2.24) is 15.1 Å². The molecule has 1 heterocycles. The van der Waals surface area contributed by atoms with Crippen LogP contribution in [0.1, 0.15) is 36.1 Å². The van der Waals surface area contributed by atoms with E-state index in [1.807, 2.05) is 25.2 Å². The van der Waals surface area contributed by atoms with Crippen molar-refractivity contribution in [3.8, 4) is 5.75 Å². The highest BCUT2D eigenvalue weighted by Crippen LogP contribution is 2.39. The fraction of sp³-hybridized carbons (Fsp3) is 0.467. The lowest BCUT2D eigenvalue weighted by Crippen LogP contribution is -2.17. The predicted molar refractivity (Wildman–Crippen MR) is 74.4 cm³/mol. The van der Waals surface area contributed by atoms with Crippen LogP contribution in [0.4, 0.5) is 0 Å². The Morgan fingerprint density at radius 2 is 2.05 bits per heavy atom. The molecule has 3 rings (SSSR count). The minimum atomic E-state index is 0.510. The molecule has 1 aromatic carbocycles. The van der Waals surface area contributed by atoms with E-state index in [9.17, 15) is 0 Å². The van der Waals surface area contributed by atoms with Gasteiger partial charge in [-0.3, -0.25) is 4.90 Å². The summed E-state index contributed by atoms with van der Waals surface area (Å²) < 4.78 is 11.0. The van der Waals surface area contributed by atoms with Crippen LogP contribution in [0.15, 0.2) is 28.7 Å². The first-order chi connectivity index (χ1) is 9.76. The number of hydrogen-bond acceptors (Lipinski definition) is 5. The van der Waals surface area contributed by atoms with Gasteiger partial charge in [0, 0.05) is 18.0 Å². The van der Waals surface area contributed by atoms with Crippen LogP contribution in [0.5, 0.6) is 5.75 Å². The summed E-state index contributed by atoms with van der Waals surface area (Å²) in [5.74, 6) is 2.90. The van der Waals surface area contributed by atoms with Gasteiger partial charge in [-0.25, -0.2) is 0 Å². The number of hydrogen-bond donors (Lipinski definition) is 0. The number of rotatable bonds is 6. The van der Waals surface area contributed by atoms with E-state index in [-0.39, 0.29) is 0 Å². The van der Waals surface area contributed by atoms with Crippen molar-refractivity contribution < 1.29 is 9.15 Å². The number of para-hydroxylation sites is 1. The normalized spacial score (nSPS) is 14.8. The molecule has 2 aromatic rings. The largest absolute Gasteiger partial charge is 0.496 e. The van der Waals surface area contributed by atoms with Crippen molar-refractivity contribution in [2.75, 3.05) is 14.2 Å². The zero-order valence-electron chi connectivity index (χ0n) is 11.9. The minimum Gasteiger partial charge on any atom is -0.496 e. The smallest absolute Gasteiger partial charge is 0.230 e. The Hall–Kier alpha value is -1.88. The van der Waals surface area contributed by atoms with Gasteiger partial charge in [0.2, 0.25) is 11.8 Å². The van der Waals surface area contributed by atoms with E-state index in [1.54, 1.807) is 7.11 Å². The van der Waals surface area contributed by atoms with E-state index in [0.29, 0.717) is 18.4 Å². The van der Waals surface area contributed by atoms with Crippen molar-refractivity contribution in [3.05, 3.63) is 41.6 Å². The van der Waals surface area contributed by atoms with Gasteiger partial charge in [-0.2, -0.15) is 0 Å². The van der Waals surface area contributed by atoms with E-state index < -0.39 is 0 Å². The Kier molecular flexibility index (Phi) is 3.69. The molecule has 5 nitrogen and oxygen atoms in total. The number of ether oxygens (including phenoxy) is 1. The van der Waals surface area contributed by atoms with Crippen LogP contribution in [0.25, 0.3) is 0 Å². The van der Waals surface area contributed by atoms with Gasteiger partial charge in [-0.05, 0) is 26.0 Å². The van der Waals surface area contributed by atoms with Crippen molar-refractivity contribution in [2.24, 2.45) is 0 Å². The average Bonchev–Trinajstić information content (AvgIpc) is 3.20. The molecule has 0 aliphatic heterocycles. The SMILES string of the molecule is COc1ccccc1CN(C)Cc1nnc(C2CC2)o1. The Labute approximate surface area is 118 Å². The second-order valence-electron chi connectivity index (χ2n) is 5.29. The summed E-state index contributed by atoms with van der Waals surface area (Å²) in [5.41, 5.74) is 1.15. The number of methoxy groups -OCH3 is 1. The number of benzene rings is 1. The third-order valence-corrected chi connectivity index (χ3v) is 3.45. The van der Waals surface area contributed by atoms with Crippen LogP contribution < -0.4 is 4.74 Å². The Bertz CT molecular complexity index is 578. The van der Waals surface area contributed by atoms with E-state index in [2.05, 4.69) is 21.2 Å². The van der Waals surface area contributed by atoms with Crippen molar-refractivity contribution >= 4 is 0 Å². The van der Waals surface area contributed by atoms with E-state index >= 15 is 0 Å². The van der Waals surface area contributed by atoms with E-state index in [0.717, 1.165) is 23.7 Å². The maximum absolute atomic E-state index is 5.68. The first kappa shape index (κ1) is 13.1. The highest BCUT2D eigenvalue weighted by molar-refractivity contribution is 5.32. The monoisotopic (exact) mass is 273 g/mol. The quantitative estimate of drug-likeness (QED) is 0.809. The molecular weight excluding hydrogens is 254 g/mol. The van der Waals surface area contributed by atoms with Crippen LogP contribution >= 0.6 is 0 Å². The first-order valence-electron chi connectivity index (χ1n) is 6.89. The molecule has 1 aromatic heterocycles. The highest BCUT2D eigenvalue weighted by Gasteiger charge is 2.29. The number of aromatic nitrogens is 2. The lowest BCUT2D eigenvalue weighted by molar-refractivity contribution is 0.272. The zero-order valence-corrected chi connectivity index (χ0v) is 11.9. The highest BCUT2D eigenvalue weighted by atomic mass is 16.5. The van der Waals surface area contributed by atoms with Crippen LogP contribution in [0.3, 0.4) is 0 Å². The van der Waals surface area contributed by atoms with Gasteiger partial charge in [0.25, 0.3) is 0 Å². The Morgan fingerprint density at radius 1 is 1.25 bits per heavy atom. The fourth-order valence-electron chi connectivity index (χ4n) is 2.24. The molecule has 1 aliphatic carbocycles. The third kappa shape index (κ3) is 2.99. The van der Waals surface area contributed by atoms with Crippen LogP contribution in [-0.4, -0.2) is 29.3 Å².